The minimum Gasteiger partial charge on any atom is -0.508 e. The van der Waals surface area contributed by atoms with E-state index in [1.54, 1.807) is 36.0 Å². The molecule has 0 bridgehead atoms. The van der Waals surface area contributed by atoms with Crippen molar-refractivity contribution in [3.8, 4) is 5.75 Å². The maximum atomic E-state index is 9.39. The summed E-state index contributed by atoms with van der Waals surface area (Å²) in [4.78, 5) is 11.5. The van der Waals surface area contributed by atoms with Crippen molar-refractivity contribution < 1.29 is 5.11 Å². The van der Waals surface area contributed by atoms with Gasteiger partial charge in [0.15, 0.2) is 5.82 Å². The van der Waals surface area contributed by atoms with Gasteiger partial charge in [0.25, 0.3) is 0 Å². The van der Waals surface area contributed by atoms with Crippen molar-refractivity contribution in [2.24, 2.45) is 16.4 Å². The summed E-state index contributed by atoms with van der Waals surface area (Å²) in [6, 6.07) is 6.93. The van der Waals surface area contributed by atoms with Gasteiger partial charge in [-0.25, -0.2) is 9.97 Å². The van der Waals surface area contributed by atoms with E-state index < -0.39 is 0 Å². The van der Waals surface area contributed by atoms with E-state index in [-0.39, 0.29) is 5.75 Å². The third-order valence-electron chi connectivity index (χ3n) is 6.13. The normalized spacial score (nSPS) is 17.2. The Kier molecular flexibility index (Phi) is 5.06. The van der Waals surface area contributed by atoms with Gasteiger partial charge in [0.1, 0.15) is 16.9 Å². The van der Waals surface area contributed by atoms with Crippen molar-refractivity contribution in [1.82, 2.24) is 9.97 Å². The molecule has 1 aromatic carbocycles. The van der Waals surface area contributed by atoms with Crippen LogP contribution in [0.15, 0.2) is 35.7 Å². The second-order valence-corrected chi connectivity index (χ2v) is 9.23. The maximum absolute atomic E-state index is 9.39. The maximum Gasteiger partial charge on any atom is 0.158 e. The molecule has 4 rings (SSSR count). The van der Waals surface area contributed by atoms with Gasteiger partial charge in [0.05, 0.1) is 11.6 Å². The largest absolute Gasteiger partial charge is 0.508 e. The number of benzene rings is 1. The van der Waals surface area contributed by atoms with E-state index >= 15 is 0 Å². The highest BCUT2D eigenvalue weighted by Crippen LogP contribution is 2.45. The monoisotopic (exact) mass is 394 g/mol. The van der Waals surface area contributed by atoms with Crippen molar-refractivity contribution in [3.63, 3.8) is 0 Å². The number of thiophene rings is 1. The first-order valence-electron chi connectivity index (χ1n) is 9.81. The molecule has 6 heteroatoms. The molecule has 0 fully saturated rings. The Morgan fingerprint density at radius 1 is 1.29 bits per heavy atom. The Labute approximate surface area is 169 Å². The van der Waals surface area contributed by atoms with Crippen LogP contribution in [-0.4, -0.2) is 21.3 Å². The molecular formula is C22H26N4OS. The first kappa shape index (κ1) is 18.9. The minimum absolute atomic E-state index is 0.247. The van der Waals surface area contributed by atoms with Crippen LogP contribution in [0.5, 0.6) is 5.75 Å². The number of phenolic OH excluding ortho intramolecular Hbond substituents is 1. The molecule has 3 aromatic rings. The van der Waals surface area contributed by atoms with Crippen LogP contribution < -0.4 is 5.43 Å². The minimum atomic E-state index is 0.247. The fourth-order valence-corrected chi connectivity index (χ4v) is 5.06. The van der Waals surface area contributed by atoms with Crippen LogP contribution >= 0.6 is 11.3 Å². The number of anilines is 1. The highest BCUT2D eigenvalue weighted by molar-refractivity contribution is 7.19. The summed E-state index contributed by atoms with van der Waals surface area (Å²) in [5.74, 6) is 1.70. The molecule has 0 saturated carbocycles. The predicted molar refractivity (Wildman–Crippen MR) is 116 cm³/mol. The molecular weight excluding hydrogens is 368 g/mol. The van der Waals surface area contributed by atoms with Gasteiger partial charge in [0, 0.05) is 4.88 Å². The lowest BCUT2D eigenvalue weighted by molar-refractivity contribution is 0.184. The Balaban J connectivity index is 1.63. The predicted octanol–water partition coefficient (Wildman–Crippen LogP) is 5.38. The second kappa shape index (κ2) is 7.51. The molecule has 1 aliphatic rings. The van der Waals surface area contributed by atoms with E-state index in [4.69, 9.17) is 0 Å². The van der Waals surface area contributed by atoms with E-state index in [2.05, 4.69) is 41.3 Å². The van der Waals surface area contributed by atoms with Crippen molar-refractivity contribution in [2.45, 2.75) is 46.5 Å². The Bertz CT molecular complexity index is 1010. The Hall–Kier alpha value is -2.47. The summed E-state index contributed by atoms with van der Waals surface area (Å²) in [5, 5.41) is 14.9. The topological polar surface area (TPSA) is 70.4 Å². The van der Waals surface area contributed by atoms with Crippen LogP contribution in [0, 0.1) is 11.3 Å². The zero-order valence-corrected chi connectivity index (χ0v) is 17.4. The molecule has 2 N–H and O–H groups in total. The molecule has 28 heavy (non-hydrogen) atoms. The van der Waals surface area contributed by atoms with Gasteiger partial charge in [0.2, 0.25) is 0 Å². The smallest absolute Gasteiger partial charge is 0.158 e. The highest BCUT2D eigenvalue weighted by Gasteiger charge is 2.33. The third kappa shape index (κ3) is 3.61. The molecule has 2 heterocycles. The average Bonchev–Trinajstić information content (AvgIpc) is 3.08. The summed E-state index contributed by atoms with van der Waals surface area (Å²) in [5.41, 5.74) is 5.77. The van der Waals surface area contributed by atoms with Gasteiger partial charge in [-0.15, -0.1) is 11.3 Å². The van der Waals surface area contributed by atoms with Crippen LogP contribution in [-0.2, 0) is 12.8 Å². The average molecular weight is 395 g/mol. The summed E-state index contributed by atoms with van der Waals surface area (Å²) < 4.78 is 0. The van der Waals surface area contributed by atoms with Crippen molar-refractivity contribution >= 4 is 33.6 Å². The van der Waals surface area contributed by atoms with Gasteiger partial charge in [-0.1, -0.05) is 27.2 Å². The number of phenols is 1. The molecule has 0 radical (unpaired) electrons. The fraction of sp³-hybridized carbons (Fsp3) is 0.409. The van der Waals surface area contributed by atoms with Gasteiger partial charge < -0.3 is 5.11 Å². The van der Waals surface area contributed by atoms with Crippen LogP contribution in [0.4, 0.5) is 5.82 Å². The van der Waals surface area contributed by atoms with Gasteiger partial charge >= 0.3 is 0 Å². The molecule has 2 aromatic heterocycles. The first-order valence-corrected chi connectivity index (χ1v) is 10.6. The zero-order valence-electron chi connectivity index (χ0n) is 16.6. The SMILES string of the molecule is CCC(C)(C)[C@H]1CCc2sc3ncnc(N/N=C/c4ccc(O)cc4)c3c2C1. The van der Waals surface area contributed by atoms with Gasteiger partial charge in [-0.05, 0) is 66.0 Å². The molecule has 0 amide bonds. The zero-order chi connectivity index (χ0) is 19.7. The quantitative estimate of drug-likeness (QED) is 0.450. The van der Waals surface area contributed by atoms with Crippen molar-refractivity contribution in [2.75, 3.05) is 5.43 Å². The van der Waals surface area contributed by atoms with E-state index in [9.17, 15) is 5.11 Å². The molecule has 146 valence electrons. The summed E-state index contributed by atoms with van der Waals surface area (Å²) in [6.45, 7) is 7.05. The van der Waals surface area contributed by atoms with Crippen LogP contribution in [0.1, 0.15) is 49.6 Å². The number of aryl methyl sites for hydroxylation is 1. The number of hydrogen-bond donors (Lipinski definition) is 2. The summed E-state index contributed by atoms with van der Waals surface area (Å²) >= 11 is 1.79. The van der Waals surface area contributed by atoms with E-state index in [0.29, 0.717) is 11.3 Å². The third-order valence-corrected chi connectivity index (χ3v) is 7.33. The number of aromatic hydroxyl groups is 1. The van der Waals surface area contributed by atoms with Gasteiger partial charge in [-0.2, -0.15) is 5.10 Å². The molecule has 0 spiro atoms. The number of rotatable bonds is 5. The fourth-order valence-electron chi connectivity index (χ4n) is 3.88. The molecule has 0 unspecified atom stereocenters. The number of aromatic nitrogens is 2. The first-order chi connectivity index (χ1) is 13.5. The molecule has 0 aliphatic heterocycles. The van der Waals surface area contributed by atoms with Crippen LogP contribution in [0.2, 0.25) is 0 Å². The van der Waals surface area contributed by atoms with E-state index in [0.717, 1.165) is 34.4 Å². The second-order valence-electron chi connectivity index (χ2n) is 8.15. The molecule has 1 atom stereocenters. The Morgan fingerprint density at radius 2 is 2.07 bits per heavy atom. The number of nitrogens with one attached hydrogen (secondary N) is 1. The van der Waals surface area contributed by atoms with Crippen molar-refractivity contribution in [1.29, 1.82) is 0 Å². The standard InChI is InChI=1S/C22H26N4OS/c1-4-22(2,3)15-7-10-18-17(11-15)19-20(23-13-24-21(19)28-18)26-25-12-14-5-8-16(27)9-6-14/h5-6,8-9,12-13,15,27H,4,7,10-11H2,1-3H3,(H,23,24,26)/b25-12+/t15-/m0/s1. The molecule has 5 nitrogen and oxygen atoms in total. The lowest BCUT2D eigenvalue weighted by Crippen LogP contribution is -2.28. The van der Waals surface area contributed by atoms with Crippen LogP contribution in [0.3, 0.4) is 0 Å². The molecule has 0 saturated heterocycles. The van der Waals surface area contributed by atoms with E-state index in [1.165, 1.54) is 23.3 Å². The van der Waals surface area contributed by atoms with Crippen LogP contribution in [0.25, 0.3) is 10.2 Å². The Morgan fingerprint density at radius 3 is 2.82 bits per heavy atom. The number of fused-ring (bicyclic) bond motifs is 3. The number of hydrazone groups is 1. The van der Waals surface area contributed by atoms with Gasteiger partial charge in [-0.3, -0.25) is 5.43 Å². The number of nitrogens with zero attached hydrogens (tertiary/aromatic N) is 3. The number of hydrogen-bond acceptors (Lipinski definition) is 6. The lowest BCUT2D eigenvalue weighted by Gasteiger charge is -2.36. The highest BCUT2D eigenvalue weighted by atomic mass is 32.1. The summed E-state index contributed by atoms with van der Waals surface area (Å²) in [7, 11) is 0. The summed E-state index contributed by atoms with van der Waals surface area (Å²) in [6.07, 6.45) is 7.98. The molecule has 1 aliphatic carbocycles. The van der Waals surface area contributed by atoms with Crippen molar-refractivity contribution in [3.05, 3.63) is 46.6 Å². The lowest BCUT2D eigenvalue weighted by atomic mass is 9.69. The van der Waals surface area contributed by atoms with E-state index in [1.807, 2.05) is 12.1 Å².